The number of amides is 4. The number of nitrogens with one attached hydrogen (secondary N) is 1. The number of nitrogens with zero attached hydrogens (tertiary/aromatic N) is 2. The van der Waals surface area contributed by atoms with Crippen LogP contribution in [0.15, 0.2) is 133 Å². The summed E-state index contributed by atoms with van der Waals surface area (Å²) in [4.78, 5) is 45.2. The highest BCUT2D eigenvalue weighted by Gasteiger charge is 2.40. The van der Waals surface area contributed by atoms with Gasteiger partial charge in [0.25, 0.3) is 11.8 Å². The summed E-state index contributed by atoms with van der Waals surface area (Å²) in [7, 11) is 0. The van der Waals surface area contributed by atoms with E-state index < -0.39 is 17.8 Å². The van der Waals surface area contributed by atoms with Crippen LogP contribution in [-0.4, -0.2) is 37.5 Å². The number of rotatable bonds is 9. The van der Waals surface area contributed by atoms with Crippen molar-refractivity contribution in [1.29, 1.82) is 0 Å². The standard InChI is InChI=1S/C49H43N3O5/c1-3-56-45-27-32(19-21-44(45)57-30-43-31(2)18-20-35-16-10-11-17-37(35)43)26-42-47(53)50-49(55)52(48(42)54)36-28-40-38(33-12-6-4-7-13-33)22-24-51-25-23-39(41(29-36)46(40)51)34-14-8-5-9-15-34/h4-21,26-29,38-39H,3,22-25,30H2,1-2H3,(H,50,53,55)/b42-26+/t38-,39-/m1/s1. The number of carbonyl (C=O) groups excluding carboxylic acids is 3. The number of benzene rings is 6. The van der Waals surface area contributed by atoms with Crippen molar-refractivity contribution in [1.82, 2.24) is 5.32 Å². The third-order valence-corrected chi connectivity index (χ3v) is 11.6. The number of anilines is 2. The number of hydrogen-bond donors (Lipinski definition) is 1. The molecule has 284 valence electrons. The lowest BCUT2D eigenvalue weighted by Crippen LogP contribution is -2.54. The highest BCUT2D eigenvalue weighted by Crippen LogP contribution is 2.50. The van der Waals surface area contributed by atoms with Crippen molar-refractivity contribution < 1.29 is 23.9 Å². The summed E-state index contributed by atoms with van der Waals surface area (Å²) in [5, 5.41) is 4.73. The molecule has 0 saturated carbocycles. The third kappa shape index (κ3) is 6.71. The summed E-state index contributed by atoms with van der Waals surface area (Å²) >= 11 is 0. The molecule has 0 aliphatic carbocycles. The highest BCUT2D eigenvalue weighted by atomic mass is 16.5. The van der Waals surface area contributed by atoms with Crippen molar-refractivity contribution in [3.8, 4) is 11.5 Å². The van der Waals surface area contributed by atoms with Crippen LogP contribution in [0.2, 0.25) is 0 Å². The largest absolute Gasteiger partial charge is 0.490 e. The Bertz CT molecular complexity index is 2490. The topological polar surface area (TPSA) is 88.2 Å². The summed E-state index contributed by atoms with van der Waals surface area (Å²) in [5.74, 6) is -0.253. The molecule has 0 unspecified atom stereocenters. The molecular weight excluding hydrogens is 711 g/mol. The van der Waals surface area contributed by atoms with Crippen LogP contribution < -0.4 is 24.6 Å². The fourth-order valence-electron chi connectivity index (χ4n) is 8.82. The second kappa shape index (κ2) is 15.1. The first-order valence-electron chi connectivity index (χ1n) is 19.7. The van der Waals surface area contributed by atoms with Crippen LogP contribution in [0.25, 0.3) is 16.8 Å². The van der Waals surface area contributed by atoms with Crippen molar-refractivity contribution in [2.75, 3.05) is 29.5 Å². The molecule has 1 fully saturated rings. The van der Waals surface area contributed by atoms with Gasteiger partial charge in [-0.1, -0.05) is 103 Å². The maximum atomic E-state index is 14.5. The molecule has 3 heterocycles. The van der Waals surface area contributed by atoms with E-state index in [-0.39, 0.29) is 17.4 Å². The number of imide groups is 2. The quantitative estimate of drug-likeness (QED) is 0.117. The Kier molecular flexibility index (Phi) is 9.54. The molecular formula is C49H43N3O5. The zero-order valence-corrected chi connectivity index (χ0v) is 32.0. The number of carbonyl (C=O) groups is 3. The molecule has 8 heteroatoms. The molecule has 3 aliphatic rings. The van der Waals surface area contributed by atoms with Crippen molar-refractivity contribution in [2.45, 2.75) is 45.1 Å². The molecule has 1 saturated heterocycles. The van der Waals surface area contributed by atoms with Gasteiger partial charge in [-0.3, -0.25) is 14.9 Å². The molecule has 3 aliphatic heterocycles. The zero-order valence-electron chi connectivity index (χ0n) is 32.0. The lowest BCUT2D eigenvalue weighted by molar-refractivity contribution is -0.122. The third-order valence-electron chi connectivity index (χ3n) is 11.6. The van der Waals surface area contributed by atoms with E-state index in [1.54, 1.807) is 18.2 Å². The summed E-state index contributed by atoms with van der Waals surface area (Å²) in [6.07, 6.45) is 3.33. The van der Waals surface area contributed by atoms with Gasteiger partial charge in [0.05, 0.1) is 12.3 Å². The van der Waals surface area contributed by atoms with Gasteiger partial charge in [0.1, 0.15) is 12.2 Å². The highest BCUT2D eigenvalue weighted by molar-refractivity contribution is 6.39. The van der Waals surface area contributed by atoms with Crippen molar-refractivity contribution >= 4 is 46.1 Å². The van der Waals surface area contributed by atoms with Gasteiger partial charge in [0.15, 0.2) is 11.5 Å². The van der Waals surface area contributed by atoms with E-state index in [0.29, 0.717) is 36.0 Å². The van der Waals surface area contributed by atoms with Gasteiger partial charge in [-0.05, 0) is 101 Å². The molecule has 6 aromatic rings. The van der Waals surface area contributed by atoms with E-state index in [1.807, 2.05) is 43.3 Å². The average Bonchev–Trinajstić information content (AvgIpc) is 3.23. The summed E-state index contributed by atoms with van der Waals surface area (Å²) < 4.78 is 12.4. The van der Waals surface area contributed by atoms with Crippen molar-refractivity contribution in [3.05, 3.63) is 172 Å². The number of ether oxygens (including phenoxy) is 2. The fraction of sp³-hybridized carbons (Fsp3) is 0.204. The summed E-state index contributed by atoms with van der Waals surface area (Å²) in [6.45, 7) is 6.52. The average molecular weight is 754 g/mol. The number of fused-ring (bicyclic) bond motifs is 1. The molecule has 4 amide bonds. The van der Waals surface area contributed by atoms with Gasteiger partial charge in [-0.15, -0.1) is 0 Å². The van der Waals surface area contributed by atoms with E-state index in [1.165, 1.54) is 22.9 Å². The lowest BCUT2D eigenvalue weighted by Gasteiger charge is -2.44. The summed E-state index contributed by atoms with van der Waals surface area (Å²) in [5.41, 5.74) is 8.79. The van der Waals surface area contributed by atoms with Crippen LogP contribution in [0, 0.1) is 6.92 Å². The number of aryl methyl sites for hydroxylation is 1. The summed E-state index contributed by atoms with van der Waals surface area (Å²) in [6, 6.07) is 41.8. The van der Waals surface area contributed by atoms with Gasteiger partial charge < -0.3 is 14.4 Å². The smallest absolute Gasteiger partial charge is 0.335 e. The molecule has 0 aromatic heterocycles. The van der Waals surface area contributed by atoms with Crippen LogP contribution in [0.4, 0.5) is 16.2 Å². The molecule has 0 bridgehead atoms. The van der Waals surface area contributed by atoms with E-state index in [9.17, 15) is 14.4 Å². The predicted octanol–water partition coefficient (Wildman–Crippen LogP) is 9.67. The van der Waals surface area contributed by atoms with Gasteiger partial charge in [0, 0.05) is 36.2 Å². The normalized spacial score (nSPS) is 18.4. The van der Waals surface area contributed by atoms with Gasteiger partial charge >= 0.3 is 6.03 Å². The van der Waals surface area contributed by atoms with Crippen LogP contribution in [0.5, 0.6) is 11.5 Å². The minimum Gasteiger partial charge on any atom is -0.490 e. The molecule has 9 rings (SSSR count). The Labute approximate surface area is 332 Å². The van der Waals surface area contributed by atoms with Crippen LogP contribution in [0.3, 0.4) is 0 Å². The Hall–Kier alpha value is -6.67. The minimum atomic E-state index is -0.771. The minimum absolute atomic E-state index is 0.0764. The second-order valence-corrected chi connectivity index (χ2v) is 14.9. The van der Waals surface area contributed by atoms with Gasteiger partial charge in [-0.2, -0.15) is 0 Å². The number of hydrogen-bond acceptors (Lipinski definition) is 6. The first-order chi connectivity index (χ1) is 27.9. The Morgan fingerprint density at radius 1 is 0.719 bits per heavy atom. The molecule has 8 nitrogen and oxygen atoms in total. The van der Waals surface area contributed by atoms with E-state index in [4.69, 9.17) is 9.47 Å². The zero-order chi connectivity index (χ0) is 39.0. The van der Waals surface area contributed by atoms with E-state index >= 15 is 0 Å². The first-order valence-corrected chi connectivity index (χ1v) is 19.7. The van der Waals surface area contributed by atoms with Gasteiger partial charge in [-0.25, -0.2) is 9.69 Å². The molecule has 2 atom stereocenters. The second-order valence-electron chi connectivity index (χ2n) is 14.9. The van der Waals surface area contributed by atoms with Crippen LogP contribution >= 0.6 is 0 Å². The molecule has 0 radical (unpaired) electrons. The van der Waals surface area contributed by atoms with Crippen LogP contribution in [-0.2, 0) is 16.2 Å². The van der Waals surface area contributed by atoms with Crippen molar-refractivity contribution in [2.24, 2.45) is 0 Å². The molecule has 1 N–H and O–H groups in total. The van der Waals surface area contributed by atoms with E-state index in [2.05, 4.69) is 89.9 Å². The Morgan fingerprint density at radius 3 is 2.04 bits per heavy atom. The number of barbiturate groups is 1. The lowest BCUT2D eigenvalue weighted by atomic mass is 9.76. The first kappa shape index (κ1) is 36.0. The van der Waals surface area contributed by atoms with Crippen molar-refractivity contribution in [3.63, 3.8) is 0 Å². The van der Waals surface area contributed by atoms with E-state index in [0.717, 1.165) is 63.9 Å². The molecule has 6 aromatic carbocycles. The molecule has 57 heavy (non-hydrogen) atoms. The molecule has 0 spiro atoms. The monoisotopic (exact) mass is 753 g/mol. The predicted molar refractivity (Wildman–Crippen MR) is 224 cm³/mol. The Morgan fingerprint density at radius 2 is 1.37 bits per heavy atom. The Balaban J connectivity index is 1.08. The maximum Gasteiger partial charge on any atom is 0.335 e. The number of urea groups is 1. The SMILES string of the molecule is CCOc1cc(/C=C2\C(=O)NC(=O)N(c3cc4c5c(c3)[C@@H](c3ccccc3)CCN5CC[C@@H]4c3ccccc3)C2=O)ccc1OCc1c(C)ccc2ccccc12. The van der Waals surface area contributed by atoms with Crippen LogP contribution in [0.1, 0.15) is 70.5 Å². The van der Waals surface area contributed by atoms with Gasteiger partial charge in [0.2, 0.25) is 0 Å². The maximum absolute atomic E-state index is 14.5. The fourth-order valence-corrected chi connectivity index (χ4v) is 8.82.